The van der Waals surface area contributed by atoms with Gasteiger partial charge in [-0.2, -0.15) is 0 Å². The molecule has 0 aromatic carbocycles. The van der Waals surface area contributed by atoms with Crippen LogP contribution in [0.3, 0.4) is 0 Å². The fourth-order valence-corrected chi connectivity index (χ4v) is 2.07. The number of rotatable bonds is 2. The van der Waals surface area contributed by atoms with Crippen molar-refractivity contribution in [3.63, 3.8) is 0 Å². The van der Waals surface area contributed by atoms with E-state index >= 15 is 0 Å². The highest BCUT2D eigenvalue weighted by atomic mass is 16.5. The topological polar surface area (TPSA) is 71.6 Å². The molecule has 1 aromatic heterocycles. The minimum Gasteiger partial charge on any atom is -0.397 e. The van der Waals surface area contributed by atoms with Crippen LogP contribution in [0.1, 0.15) is 12.6 Å². The molecular weight excluding hydrogens is 218 g/mol. The van der Waals surface area contributed by atoms with Gasteiger partial charge >= 0.3 is 0 Å². The van der Waals surface area contributed by atoms with Gasteiger partial charge in [0, 0.05) is 13.1 Å². The number of aryl methyl sites for hydroxylation is 1. The van der Waals surface area contributed by atoms with E-state index in [4.69, 9.17) is 10.5 Å². The molecule has 2 heterocycles. The van der Waals surface area contributed by atoms with Crippen LogP contribution >= 0.6 is 0 Å². The maximum atomic E-state index is 9.18. The van der Waals surface area contributed by atoms with E-state index in [1.165, 1.54) is 0 Å². The molecule has 2 atom stereocenters. The van der Waals surface area contributed by atoms with Crippen LogP contribution in [0.25, 0.3) is 0 Å². The zero-order valence-electron chi connectivity index (χ0n) is 10.3. The highest BCUT2D eigenvalue weighted by Gasteiger charge is 2.25. The lowest BCUT2D eigenvalue weighted by molar-refractivity contribution is -0.0423. The normalized spacial score (nSPS) is 25.0. The van der Waals surface area contributed by atoms with E-state index in [2.05, 4.69) is 9.88 Å². The van der Waals surface area contributed by atoms with Gasteiger partial charge in [0.05, 0.1) is 30.2 Å². The predicted octanol–water partition coefficient (Wildman–Crippen LogP) is 0.558. The first-order chi connectivity index (χ1) is 8.10. The summed E-state index contributed by atoms with van der Waals surface area (Å²) in [5.41, 5.74) is 7.29. The van der Waals surface area contributed by atoms with Crippen molar-refractivity contribution >= 4 is 11.5 Å². The standard InChI is InChI=1S/C12H19N3O2/c1-8-5-15(6-10(7-16)17-8)12-4-3-11(13)9(2)14-12/h3-4,8,10,16H,5-7,13H2,1-2H3. The van der Waals surface area contributed by atoms with Gasteiger partial charge in [0.2, 0.25) is 0 Å². The van der Waals surface area contributed by atoms with Crippen molar-refractivity contribution in [2.45, 2.75) is 26.1 Å². The van der Waals surface area contributed by atoms with Crippen molar-refractivity contribution in [3.8, 4) is 0 Å². The molecule has 0 spiro atoms. The zero-order chi connectivity index (χ0) is 12.4. The number of hydrogen-bond donors (Lipinski definition) is 2. The minimum atomic E-state index is -0.140. The summed E-state index contributed by atoms with van der Waals surface area (Å²) in [5, 5.41) is 9.18. The lowest BCUT2D eigenvalue weighted by atomic mass is 10.2. The van der Waals surface area contributed by atoms with Gasteiger partial charge in [-0.1, -0.05) is 0 Å². The van der Waals surface area contributed by atoms with Crippen LogP contribution in [0.4, 0.5) is 11.5 Å². The first-order valence-corrected chi connectivity index (χ1v) is 5.84. The quantitative estimate of drug-likeness (QED) is 0.786. The van der Waals surface area contributed by atoms with Crippen LogP contribution in [0.15, 0.2) is 12.1 Å². The molecule has 94 valence electrons. The predicted molar refractivity (Wildman–Crippen MR) is 67.0 cm³/mol. The second-order valence-electron chi connectivity index (χ2n) is 4.50. The number of morpholine rings is 1. The lowest BCUT2D eigenvalue weighted by Crippen LogP contribution is -2.48. The van der Waals surface area contributed by atoms with E-state index in [0.29, 0.717) is 12.2 Å². The molecule has 0 saturated carbocycles. The van der Waals surface area contributed by atoms with Crippen molar-refractivity contribution in [2.75, 3.05) is 30.3 Å². The van der Waals surface area contributed by atoms with Crippen LogP contribution < -0.4 is 10.6 Å². The molecule has 0 aliphatic carbocycles. The zero-order valence-corrected chi connectivity index (χ0v) is 10.3. The van der Waals surface area contributed by atoms with Gasteiger partial charge in [0.25, 0.3) is 0 Å². The number of ether oxygens (including phenoxy) is 1. The number of nitrogen functional groups attached to an aromatic ring is 1. The Morgan fingerprint density at radius 1 is 1.53 bits per heavy atom. The fraction of sp³-hybridized carbons (Fsp3) is 0.583. The highest BCUT2D eigenvalue weighted by molar-refractivity contribution is 5.50. The molecule has 1 aliphatic rings. The Morgan fingerprint density at radius 2 is 2.29 bits per heavy atom. The number of aromatic nitrogens is 1. The summed E-state index contributed by atoms with van der Waals surface area (Å²) in [6.07, 6.45) is -0.0426. The third kappa shape index (κ3) is 2.68. The fourth-order valence-electron chi connectivity index (χ4n) is 2.07. The summed E-state index contributed by atoms with van der Waals surface area (Å²) < 4.78 is 5.60. The number of hydrogen-bond acceptors (Lipinski definition) is 5. The minimum absolute atomic E-state index is 0.0365. The number of pyridine rings is 1. The van der Waals surface area contributed by atoms with E-state index in [-0.39, 0.29) is 18.8 Å². The van der Waals surface area contributed by atoms with Crippen molar-refractivity contribution in [2.24, 2.45) is 0 Å². The lowest BCUT2D eigenvalue weighted by Gasteiger charge is -2.36. The molecule has 0 radical (unpaired) electrons. The molecule has 5 nitrogen and oxygen atoms in total. The largest absolute Gasteiger partial charge is 0.397 e. The van der Waals surface area contributed by atoms with Crippen LogP contribution in [-0.2, 0) is 4.74 Å². The smallest absolute Gasteiger partial charge is 0.129 e. The Bertz CT molecular complexity index is 397. The SMILES string of the molecule is Cc1nc(N2CC(C)OC(CO)C2)ccc1N. The molecule has 2 rings (SSSR count). The van der Waals surface area contributed by atoms with Gasteiger partial charge in [0.15, 0.2) is 0 Å². The third-order valence-electron chi connectivity index (χ3n) is 2.97. The molecule has 5 heteroatoms. The molecule has 2 unspecified atom stereocenters. The number of nitrogens with zero attached hydrogens (tertiary/aromatic N) is 2. The second-order valence-corrected chi connectivity index (χ2v) is 4.50. The molecule has 3 N–H and O–H groups in total. The summed E-state index contributed by atoms with van der Waals surface area (Å²) in [7, 11) is 0. The maximum Gasteiger partial charge on any atom is 0.129 e. The van der Waals surface area contributed by atoms with Gasteiger partial charge in [-0.05, 0) is 26.0 Å². The summed E-state index contributed by atoms with van der Waals surface area (Å²) in [5.74, 6) is 0.894. The molecule has 1 aromatic rings. The maximum absolute atomic E-state index is 9.18. The van der Waals surface area contributed by atoms with Gasteiger partial charge in [-0.15, -0.1) is 0 Å². The van der Waals surface area contributed by atoms with E-state index in [1.54, 1.807) is 0 Å². The van der Waals surface area contributed by atoms with Gasteiger partial charge in [0.1, 0.15) is 5.82 Å². The molecule has 1 saturated heterocycles. The summed E-state index contributed by atoms with van der Waals surface area (Å²) >= 11 is 0. The molecule has 0 amide bonds. The van der Waals surface area contributed by atoms with E-state index in [1.807, 2.05) is 26.0 Å². The van der Waals surface area contributed by atoms with Crippen molar-refractivity contribution in [3.05, 3.63) is 17.8 Å². The first-order valence-electron chi connectivity index (χ1n) is 5.84. The highest BCUT2D eigenvalue weighted by Crippen LogP contribution is 2.20. The monoisotopic (exact) mass is 237 g/mol. The third-order valence-corrected chi connectivity index (χ3v) is 2.97. The summed E-state index contributed by atoms with van der Waals surface area (Å²) in [4.78, 5) is 6.59. The number of aliphatic hydroxyl groups excluding tert-OH is 1. The molecule has 0 bridgehead atoms. The van der Waals surface area contributed by atoms with Crippen LogP contribution in [0, 0.1) is 6.92 Å². The molecule has 17 heavy (non-hydrogen) atoms. The van der Waals surface area contributed by atoms with Crippen LogP contribution in [-0.4, -0.2) is 42.0 Å². The number of nitrogens with two attached hydrogens (primary N) is 1. The second kappa shape index (κ2) is 4.89. The Hall–Kier alpha value is -1.33. The summed E-state index contributed by atoms with van der Waals surface area (Å²) in [6.45, 7) is 5.38. The van der Waals surface area contributed by atoms with Gasteiger partial charge in [-0.3, -0.25) is 0 Å². The summed E-state index contributed by atoms with van der Waals surface area (Å²) in [6, 6.07) is 3.78. The van der Waals surface area contributed by atoms with Crippen LogP contribution in [0.5, 0.6) is 0 Å². The molecule has 1 aliphatic heterocycles. The Kier molecular flexibility index (Phi) is 3.49. The van der Waals surface area contributed by atoms with E-state index in [0.717, 1.165) is 18.1 Å². The number of aliphatic hydroxyl groups is 1. The first kappa shape index (κ1) is 12.1. The number of anilines is 2. The molecule has 1 fully saturated rings. The van der Waals surface area contributed by atoms with Crippen molar-refractivity contribution in [1.82, 2.24) is 4.98 Å². The van der Waals surface area contributed by atoms with Gasteiger partial charge < -0.3 is 20.5 Å². The average Bonchev–Trinajstić information content (AvgIpc) is 2.32. The van der Waals surface area contributed by atoms with E-state index < -0.39 is 0 Å². The Balaban J connectivity index is 2.17. The van der Waals surface area contributed by atoms with Crippen LogP contribution in [0.2, 0.25) is 0 Å². The van der Waals surface area contributed by atoms with Crippen molar-refractivity contribution < 1.29 is 9.84 Å². The Morgan fingerprint density at radius 3 is 2.94 bits per heavy atom. The van der Waals surface area contributed by atoms with Crippen molar-refractivity contribution in [1.29, 1.82) is 0 Å². The molecular formula is C12H19N3O2. The van der Waals surface area contributed by atoms with Gasteiger partial charge in [-0.25, -0.2) is 4.98 Å². The van der Waals surface area contributed by atoms with E-state index in [9.17, 15) is 5.11 Å². The average molecular weight is 237 g/mol. The Labute approximate surface area is 101 Å².